The molecule has 2 atom stereocenters. The predicted octanol–water partition coefficient (Wildman–Crippen LogP) is 6.87. The minimum Gasteiger partial charge on any atom is -0.352 e. The van der Waals surface area contributed by atoms with Gasteiger partial charge >= 0.3 is 0 Å². The highest BCUT2D eigenvalue weighted by Gasteiger charge is 2.28. The number of amides is 2. The van der Waals surface area contributed by atoms with Crippen LogP contribution in [0.4, 0.5) is 0 Å². The van der Waals surface area contributed by atoms with Crippen molar-refractivity contribution in [2.45, 2.75) is 51.6 Å². The van der Waals surface area contributed by atoms with E-state index in [1.54, 1.807) is 37.3 Å². The molecule has 2 rings (SSSR count). The second-order valence-corrected chi connectivity index (χ2v) is 10.1. The molecule has 0 saturated carbocycles. The Balaban J connectivity index is 2.16. The maximum absolute atomic E-state index is 13.2. The topological polar surface area (TPSA) is 49.4 Å². The molecule has 2 amide bonds. The summed E-state index contributed by atoms with van der Waals surface area (Å²) in [6.45, 7) is 5.75. The Morgan fingerprint density at radius 3 is 2.28 bits per heavy atom. The van der Waals surface area contributed by atoms with Crippen LogP contribution in [-0.4, -0.2) is 34.6 Å². The van der Waals surface area contributed by atoms with Gasteiger partial charge in [-0.05, 0) is 50.1 Å². The van der Waals surface area contributed by atoms with E-state index < -0.39 is 6.04 Å². The first-order valence-electron chi connectivity index (χ1n) is 10.2. The molecule has 0 heterocycles. The van der Waals surface area contributed by atoms with E-state index in [1.807, 2.05) is 19.9 Å². The van der Waals surface area contributed by atoms with Gasteiger partial charge in [0, 0.05) is 44.0 Å². The van der Waals surface area contributed by atoms with Crippen molar-refractivity contribution >= 4 is 70.0 Å². The Hall–Kier alpha value is -1.11. The van der Waals surface area contributed by atoms with Gasteiger partial charge in [-0.15, -0.1) is 11.8 Å². The van der Waals surface area contributed by atoms with Gasteiger partial charge in [0.2, 0.25) is 11.8 Å². The van der Waals surface area contributed by atoms with Crippen LogP contribution >= 0.6 is 58.2 Å². The molecule has 2 aromatic rings. The molecule has 0 aliphatic rings. The van der Waals surface area contributed by atoms with E-state index >= 15 is 0 Å². The lowest BCUT2D eigenvalue weighted by atomic mass is 10.1. The molecule has 0 unspecified atom stereocenters. The minimum absolute atomic E-state index is 0.00669. The van der Waals surface area contributed by atoms with Gasteiger partial charge in [-0.2, -0.15) is 0 Å². The number of rotatable bonds is 10. The number of nitrogens with one attached hydrogen (secondary N) is 1. The number of thioether (sulfide) groups is 1. The van der Waals surface area contributed by atoms with E-state index in [0.29, 0.717) is 31.4 Å². The third-order valence-electron chi connectivity index (χ3n) is 5.06. The van der Waals surface area contributed by atoms with Crippen LogP contribution in [0.15, 0.2) is 36.4 Å². The summed E-state index contributed by atoms with van der Waals surface area (Å²) in [7, 11) is 0. The molecule has 174 valence electrons. The van der Waals surface area contributed by atoms with Crippen LogP contribution < -0.4 is 5.32 Å². The van der Waals surface area contributed by atoms with Crippen LogP contribution in [0.1, 0.15) is 38.3 Å². The number of hydrogen-bond acceptors (Lipinski definition) is 3. The lowest BCUT2D eigenvalue weighted by Crippen LogP contribution is -2.50. The van der Waals surface area contributed by atoms with Crippen molar-refractivity contribution < 1.29 is 9.59 Å². The smallest absolute Gasteiger partial charge is 0.242 e. The number of benzene rings is 2. The summed E-state index contributed by atoms with van der Waals surface area (Å²) in [6, 6.07) is 9.76. The van der Waals surface area contributed by atoms with Gasteiger partial charge in [0.05, 0.1) is 5.75 Å². The van der Waals surface area contributed by atoms with Gasteiger partial charge in [-0.3, -0.25) is 9.59 Å². The van der Waals surface area contributed by atoms with Crippen LogP contribution in [0.2, 0.25) is 20.1 Å². The third-order valence-corrected chi connectivity index (χ3v) is 7.32. The van der Waals surface area contributed by atoms with Crippen LogP contribution in [0, 0.1) is 0 Å². The Bertz CT molecular complexity index is 937. The minimum atomic E-state index is -0.691. The standard InChI is InChI=1S/C23H26Cl4N2O2S/c1-4-14(2)28-23(31)15(3)29(11-18-19(25)6-5-7-20(18)26)22(30)13-32-12-16-8-9-17(24)10-21(16)27/h5-10,14-15H,4,11-13H2,1-3H3,(H,28,31)/t14-,15-/m0/s1. The second-order valence-electron chi connectivity index (χ2n) is 7.44. The van der Waals surface area contributed by atoms with Crippen molar-refractivity contribution in [3.63, 3.8) is 0 Å². The molecule has 0 aromatic heterocycles. The highest BCUT2D eigenvalue weighted by molar-refractivity contribution is 7.99. The van der Waals surface area contributed by atoms with Crippen molar-refractivity contribution in [2.24, 2.45) is 0 Å². The van der Waals surface area contributed by atoms with Crippen LogP contribution in [0.5, 0.6) is 0 Å². The lowest BCUT2D eigenvalue weighted by Gasteiger charge is -2.30. The summed E-state index contributed by atoms with van der Waals surface area (Å²) in [5.41, 5.74) is 1.50. The lowest BCUT2D eigenvalue weighted by molar-refractivity contribution is -0.138. The zero-order valence-corrected chi connectivity index (χ0v) is 22.0. The van der Waals surface area contributed by atoms with Gasteiger partial charge in [-0.1, -0.05) is 65.5 Å². The van der Waals surface area contributed by atoms with Gasteiger partial charge in [0.1, 0.15) is 6.04 Å². The van der Waals surface area contributed by atoms with Crippen molar-refractivity contribution in [1.82, 2.24) is 10.2 Å². The molecule has 2 aromatic carbocycles. The summed E-state index contributed by atoms with van der Waals surface area (Å²) in [4.78, 5) is 27.5. The zero-order valence-electron chi connectivity index (χ0n) is 18.1. The van der Waals surface area contributed by atoms with Gasteiger partial charge < -0.3 is 10.2 Å². The Morgan fingerprint density at radius 2 is 1.69 bits per heavy atom. The van der Waals surface area contributed by atoms with E-state index in [2.05, 4.69) is 5.32 Å². The van der Waals surface area contributed by atoms with Crippen LogP contribution in [-0.2, 0) is 21.9 Å². The fourth-order valence-electron chi connectivity index (χ4n) is 2.87. The molecule has 32 heavy (non-hydrogen) atoms. The molecule has 0 spiro atoms. The average molecular weight is 536 g/mol. The largest absolute Gasteiger partial charge is 0.352 e. The molecule has 0 aliphatic heterocycles. The van der Waals surface area contributed by atoms with Crippen molar-refractivity contribution in [2.75, 3.05) is 5.75 Å². The maximum Gasteiger partial charge on any atom is 0.242 e. The molecule has 1 N–H and O–H groups in total. The van der Waals surface area contributed by atoms with Crippen molar-refractivity contribution in [1.29, 1.82) is 0 Å². The number of carbonyl (C=O) groups excluding carboxylic acids is 2. The Morgan fingerprint density at radius 1 is 1.03 bits per heavy atom. The highest BCUT2D eigenvalue weighted by atomic mass is 35.5. The fraction of sp³-hybridized carbons (Fsp3) is 0.391. The van der Waals surface area contributed by atoms with Gasteiger partial charge in [0.25, 0.3) is 0 Å². The summed E-state index contributed by atoms with van der Waals surface area (Å²) >= 11 is 26.2. The van der Waals surface area contributed by atoms with Crippen LogP contribution in [0.3, 0.4) is 0 Å². The van der Waals surface area contributed by atoms with E-state index in [4.69, 9.17) is 46.4 Å². The molecule has 0 radical (unpaired) electrons. The van der Waals surface area contributed by atoms with E-state index in [9.17, 15) is 9.59 Å². The number of hydrogen-bond donors (Lipinski definition) is 1. The van der Waals surface area contributed by atoms with Crippen LogP contribution in [0.25, 0.3) is 0 Å². The van der Waals surface area contributed by atoms with E-state index in [-0.39, 0.29) is 30.2 Å². The Kier molecular flexibility index (Phi) is 11.0. The van der Waals surface area contributed by atoms with E-state index in [0.717, 1.165) is 12.0 Å². The van der Waals surface area contributed by atoms with Crippen molar-refractivity contribution in [3.8, 4) is 0 Å². The predicted molar refractivity (Wildman–Crippen MR) is 137 cm³/mol. The first kappa shape index (κ1) is 27.1. The molecular formula is C23H26Cl4N2O2S. The molecule has 0 aliphatic carbocycles. The average Bonchev–Trinajstić information content (AvgIpc) is 2.74. The molecule has 0 bridgehead atoms. The van der Waals surface area contributed by atoms with Crippen molar-refractivity contribution in [3.05, 3.63) is 67.6 Å². The molecule has 9 heteroatoms. The Labute approximate surface area is 213 Å². The summed E-state index contributed by atoms with van der Waals surface area (Å²) in [6.07, 6.45) is 0.792. The third kappa shape index (κ3) is 7.74. The van der Waals surface area contributed by atoms with Gasteiger partial charge in [0.15, 0.2) is 0 Å². The molecule has 4 nitrogen and oxygen atoms in total. The first-order valence-corrected chi connectivity index (χ1v) is 12.8. The number of halogens is 4. The zero-order chi connectivity index (χ0) is 23.8. The second kappa shape index (κ2) is 13.0. The molecule has 0 saturated heterocycles. The summed E-state index contributed by atoms with van der Waals surface area (Å²) in [5, 5.41) is 4.95. The van der Waals surface area contributed by atoms with E-state index in [1.165, 1.54) is 16.7 Å². The molecule has 0 fully saturated rings. The normalized spacial score (nSPS) is 12.8. The molecular weight excluding hydrogens is 510 g/mol. The monoisotopic (exact) mass is 534 g/mol. The first-order chi connectivity index (χ1) is 15.1. The van der Waals surface area contributed by atoms with Gasteiger partial charge in [-0.25, -0.2) is 0 Å². The fourth-order valence-corrected chi connectivity index (χ4v) is 4.86. The number of nitrogens with zero attached hydrogens (tertiary/aromatic N) is 1. The maximum atomic E-state index is 13.2. The summed E-state index contributed by atoms with van der Waals surface area (Å²) in [5.74, 6) is 0.294. The SMILES string of the molecule is CC[C@H](C)NC(=O)[C@H](C)N(Cc1c(Cl)cccc1Cl)C(=O)CSCc1ccc(Cl)cc1Cl. The highest BCUT2D eigenvalue weighted by Crippen LogP contribution is 2.28. The summed E-state index contributed by atoms with van der Waals surface area (Å²) < 4.78 is 0. The number of carbonyl (C=O) groups is 2. The quantitative estimate of drug-likeness (QED) is 0.361.